The predicted octanol–water partition coefficient (Wildman–Crippen LogP) is 7.70. The number of aryl methyl sites for hydroxylation is 1. The van der Waals surface area contributed by atoms with E-state index in [4.69, 9.17) is 32.7 Å². The van der Waals surface area contributed by atoms with Gasteiger partial charge in [-0.1, -0.05) is 45.2 Å². The van der Waals surface area contributed by atoms with Gasteiger partial charge in [0, 0.05) is 33.1 Å². The molecule has 0 spiro atoms. The highest BCUT2D eigenvalue weighted by molar-refractivity contribution is 9.10. The number of hydrogen-bond donors (Lipinski definition) is 1. The zero-order chi connectivity index (χ0) is 24.2. The number of carbonyl (C=O) groups is 2. The molecule has 0 saturated heterocycles. The van der Waals surface area contributed by atoms with Gasteiger partial charge in [-0.15, -0.1) is 0 Å². The van der Waals surface area contributed by atoms with Crippen molar-refractivity contribution in [3.05, 3.63) is 85.8 Å². The van der Waals surface area contributed by atoms with Crippen LogP contribution in [0.1, 0.15) is 46.7 Å². The lowest BCUT2D eigenvalue weighted by molar-refractivity contribution is -0.139. The van der Waals surface area contributed by atoms with Crippen LogP contribution >= 0.6 is 39.1 Å². The summed E-state index contributed by atoms with van der Waals surface area (Å²) >= 11 is 15.8. The van der Waals surface area contributed by atoms with Crippen LogP contribution in [0.25, 0.3) is 0 Å². The highest BCUT2D eigenvalue weighted by Crippen LogP contribution is 2.41. The number of Topliss-reactive ketones (excluding diaryl/α,β-unsaturated/α-hetero) is 1. The van der Waals surface area contributed by atoms with Crippen molar-refractivity contribution < 1.29 is 24.2 Å². The molecule has 3 aromatic carbocycles. The van der Waals surface area contributed by atoms with E-state index >= 15 is 0 Å². The van der Waals surface area contributed by atoms with Gasteiger partial charge in [0.1, 0.15) is 17.2 Å². The Kier molecular flexibility index (Phi) is 7.81. The van der Waals surface area contributed by atoms with E-state index in [1.807, 2.05) is 18.2 Å². The summed E-state index contributed by atoms with van der Waals surface area (Å²) < 4.78 is 12.4. The van der Waals surface area contributed by atoms with Crippen molar-refractivity contribution in [1.29, 1.82) is 0 Å². The molecule has 1 aliphatic heterocycles. The first kappa shape index (κ1) is 24.6. The van der Waals surface area contributed by atoms with Gasteiger partial charge in [0.25, 0.3) is 0 Å². The molecule has 8 heteroatoms. The zero-order valence-corrected chi connectivity index (χ0v) is 21.1. The van der Waals surface area contributed by atoms with E-state index in [1.54, 1.807) is 36.4 Å². The first-order valence-corrected chi connectivity index (χ1v) is 12.3. The van der Waals surface area contributed by atoms with E-state index in [9.17, 15) is 14.7 Å². The van der Waals surface area contributed by atoms with E-state index in [0.29, 0.717) is 57.9 Å². The van der Waals surface area contributed by atoms with Crippen molar-refractivity contribution >= 4 is 50.9 Å². The second kappa shape index (κ2) is 10.8. The SMILES string of the molecule is O=C(CCCc1ccc(Cl)cc1Br)c1ccc(Oc2cc3c(cc2Cl)C(C(=O)O)CCO3)cc1. The summed E-state index contributed by atoms with van der Waals surface area (Å²) in [6.07, 6.45) is 2.31. The van der Waals surface area contributed by atoms with Crippen LogP contribution in [-0.2, 0) is 11.2 Å². The number of carboxylic acids is 1. The van der Waals surface area contributed by atoms with E-state index in [1.165, 1.54) is 0 Å². The molecule has 1 heterocycles. The number of rotatable bonds is 8. The Bertz CT molecular complexity index is 1230. The minimum Gasteiger partial charge on any atom is -0.493 e. The number of hydrogen-bond acceptors (Lipinski definition) is 4. The number of carbonyl (C=O) groups excluding carboxylic acids is 1. The second-order valence-electron chi connectivity index (χ2n) is 7.99. The summed E-state index contributed by atoms with van der Waals surface area (Å²) in [6, 6.07) is 15.7. The molecule has 3 aromatic rings. The van der Waals surface area contributed by atoms with Gasteiger partial charge in [0.05, 0.1) is 17.5 Å². The fourth-order valence-corrected chi connectivity index (χ4v) is 4.96. The van der Waals surface area contributed by atoms with E-state index in [0.717, 1.165) is 22.9 Å². The number of aliphatic carboxylic acids is 1. The standard InChI is InChI=1S/C26H21BrCl2O5/c27-21-12-17(28)7-4-15(21)2-1-3-23(30)16-5-8-18(9-6-16)34-25-14-24-20(13-22(25)29)19(26(31)32)10-11-33-24/h4-9,12-14,19H,1-3,10-11H2,(H,31,32). The van der Waals surface area contributed by atoms with Gasteiger partial charge in [-0.3, -0.25) is 9.59 Å². The minimum atomic E-state index is -0.907. The van der Waals surface area contributed by atoms with Crippen LogP contribution in [0.2, 0.25) is 10.0 Å². The molecule has 34 heavy (non-hydrogen) atoms. The summed E-state index contributed by atoms with van der Waals surface area (Å²) in [5.41, 5.74) is 2.26. The lowest BCUT2D eigenvalue weighted by Gasteiger charge is -2.24. The second-order valence-corrected chi connectivity index (χ2v) is 9.69. The van der Waals surface area contributed by atoms with Crippen molar-refractivity contribution in [2.45, 2.75) is 31.6 Å². The molecular weight excluding hydrogens is 543 g/mol. The normalized spacial score (nSPS) is 14.7. The molecular formula is C26H21BrCl2O5. The van der Waals surface area contributed by atoms with Gasteiger partial charge in [-0.25, -0.2) is 0 Å². The van der Waals surface area contributed by atoms with Crippen molar-refractivity contribution in [3.63, 3.8) is 0 Å². The summed E-state index contributed by atoms with van der Waals surface area (Å²) in [5.74, 6) is -0.182. The van der Waals surface area contributed by atoms with Gasteiger partial charge in [0.2, 0.25) is 0 Å². The maximum Gasteiger partial charge on any atom is 0.311 e. The topological polar surface area (TPSA) is 72.8 Å². The maximum absolute atomic E-state index is 12.6. The smallest absolute Gasteiger partial charge is 0.311 e. The van der Waals surface area contributed by atoms with E-state index < -0.39 is 11.9 Å². The number of fused-ring (bicyclic) bond motifs is 1. The monoisotopic (exact) mass is 562 g/mol. The molecule has 4 rings (SSSR count). The molecule has 5 nitrogen and oxygen atoms in total. The molecule has 0 aromatic heterocycles. The minimum absolute atomic E-state index is 0.0524. The van der Waals surface area contributed by atoms with E-state index in [-0.39, 0.29) is 5.78 Å². The summed E-state index contributed by atoms with van der Waals surface area (Å²) in [6.45, 7) is 0.316. The Morgan fingerprint density at radius 1 is 1.09 bits per heavy atom. The quantitative estimate of drug-likeness (QED) is 0.284. The van der Waals surface area contributed by atoms with Crippen LogP contribution < -0.4 is 9.47 Å². The largest absolute Gasteiger partial charge is 0.493 e. The van der Waals surface area contributed by atoms with Crippen molar-refractivity contribution in [1.82, 2.24) is 0 Å². The molecule has 1 unspecified atom stereocenters. The highest BCUT2D eigenvalue weighted by Gasteiger charge is 2.29. The number of ether oxygens (including phenoxy) is 2. The average molecular weight is 564 g/mol. The van der Waals surface area contributed by atoms with Crippen LogP contribution in [0, 0.1) is 0 Å². The average Bonchev–Trinajstić information content (AvgIpc) is 2.81. The number of halogens is 3. The van der Waals surface area contributed by atoms with Gasteiger partial charge in [-0.2, -0.15) is 0 Å². The Morgan fingerprint density at radius 3 is 2.56 bits per heavy atom. The summed E-state index contributed by atoms with van der Waals surface area (Å²) in [7, 11) is 0. The fourth-order valence-electron chi connectivity index (χ4n) is 3.87. The van der Waals surface area contributed by atoms with Crippen molar-refractivity contribution in [2.75, 3.05) is 6.61 Å². The first-order chi connectivity index (χ1) is 16.3. The van der Waals surface area contributed by atoms with Crippen LogP contribution in [0.4, 0.5) is 0 Å². The number of carboxylic acid groups (broad SMARTS) is 1. The fraction of sp³-hybridized carbons (Fsp3) is 0.231. The van der Waals surface area contributed by atoms with Gasteiger partial charge >= 0.3 is 5.97 Å². The molecule has 0 amide bonds. The third-order valence-electron chi connectivity index (χ3n) is 5.67. The Balaban J connectivity index is 1.38. The van der Waals surface area contributed by atoms with Crippen LogP contribution in [-0.4, -0.2) is 23.5 Å². The lowest BCUT2D eigenvalue weighted by atomic mass is 9.93. The Labute approximate surface area is 215 Å². The predicted molar refractivity (Wildman–Crippen MR) is 135 cm³/mol. The van der Waals surface area contributed by atoms with Gasteiger partial charge in [-0.05, 0) is 67.3 Å². The van der Waals surface area contributed by atoms with Gasteiger partial charge < -0.3 is 14.6 Å². The molecule has 0 bridgehead atoms. The van der Waals surface area contributed by atoms with Gasteiger partial charge in [0.15, 0.2) is 5.78 Å². The third kappa shape index (κ3) is 5.74. The van der Waals surface area contributed by atoms with Crippen LogP contribution in [0.5, 0.6) is 17.2 Å². The molecule has 0 aliphatic carbocycles. The lowest BCUT2D eigenvalue weighted by Crippen LogP contribution is -2.20. The molecule has 1 aliphatic rings. The molecule has 1 atom stereocenters. The summed E-state index contributed by atoms with van der Waals surface area (Å²) in [5, 5.41) is 10.4. The molecule has 1 N–H and O–H groups in total. The molecule has 0 fully saturated rings. The van der Waals surface area contributed by atoms with Crippen molar-refractivity contribution in [3.8, 4) is 17.2 Å². The summed E-state index contributed by atoms with van der Waals surface area (Å²) in [4.78, 5) is 24.1. The van der Waals surface area contributed by atoms with Crippen molar-refractivity contribution in [2.24, 2.45) is 0 Å². The van der Waals surface area contributed by atoms with Crippen LogP contribution in [0.3, 0.4) is 0 Å². The Morgan fingerprint density at radius 2 is 1.85 bits per heavy atom. The third-order valence-corrected chi connectivity index (χ3v) is 6.94. The zero-order valence-electron chi connectivity index (χ0n) is 18.0. The maximum atomic E-state index is 12.6. The molecule has 0 saturated carbocycles. The first-order valence-electron chi connectivity index (χ1n) is 10.8. The number of benzene rings is 3. The highest BCUT2D eigenvalue weighted by atomic mass is 79.9. The van der Waals surface area contributed by atoms with E-state index in [2.05, 4.69) is 15.9 Å². The number of ketones is 1. The molecule has 0 radical (unpaired) electrons. The van der Waals surface area contributed by atoms with Crippen LogP contribution in [0.15, 0.2) is 59.1 Å². The molecule has 176 valence electrons. The Hall–Kier alpha value is -2.54.